The second-order valence-electron chi connectivity index (χ2n) is 11.7. The van der Waals surface area contributed by atoms with Gasteiger partial charge in [0.05, 0.1) is 24.3 Å². The van der Waals surface area contributed by atoms with Crippen molar-refractivity contribution in [3.05, 3.63) is 71.4 Å². The molecule has 1 saturated heterocycles. The Morgan fingerprint density at radius 1 is 0.953 bits per heavy atom. The molecule has 0 radical (unpaired) electrons. The number of aromatic nitrogens is 1. The van der Waals surface area contributed by atoms with Gasteiger partial charge in [-0.1, -0.05) is 43.2 Å². The summed E-state index contributed by atoms with van der Waals surface area (Å²) in [6, 6.07) is 14.6. The number of amides is 4. The zero-order chi connectivity index (χ0) is 29.8. The molecule has 3 aliphatic rings. The minimum atomic E-state index is -1.03. The standard InChI is InChI=1S/C33H39N5O5/c39-29(23-37-30(40)26-9-1-2-10-27(26)31(37)41)38(17-12-24-22-35-28-11-4-3-8-25(24)28)33(13-5-6-14-33)32(42)34-15-7-16-36-18-20-43-21-19-36/h1-4,8-11,22,35H,5-7,12-21,23H2,(H,34,42). The number of hydrogen-bond acceptors (Lipinski definition) is 6. The fraction of sp³-hybridized carbons (Fsp3) is 0.455. The lowest BCUT2D eigenvalue weighted by Gasteiger charge is -2.41. The molecule has 43 heavy (non-hydrogen) atoms. The van der Waals surface area contributed by atoms with Gasteiger partial charge < -0.3 is 19.9 Å². The van der Waals surface area contributed by atoms with Crippen molar-refractivity contribution in [2.45, 2.75) is 44.1 Å². The van der Waals surface area contributed by atoms with E-state index in [1.54, 1.807) is 29.2 Å². The van der Waals surface area contributed by atoms with Gasteiger partial charge in [-0.15, -0.1) is 0 Å². The third-order valence-electron chi connectivity index (χ3n) is 9.16. The number of nitrogens with one attached hydrogen (secondary N) is 2. The summed E-state index contributed by atoms with van der Waals surface area (Å²) in [5.41, 5.74) is 1.64. The smallest absolute Gasteiger partial charge is 0.262 e. The summed E-state index contributed by atoms with van der Waals surface area (Å²) in [7, 11) is 0. The van der Waals surface area contributed by atoms with E-state index in [1.165, 1.54) is 0 Å². The maximum atomic E-state index is 14.2. The lowest BCUT2D eigenvalue weighted by molar-refractivity contribution is -0.148. The maximum absolute atomic E-state index is 14.2. The Morgan fingerprint density at radius 3 is 2.35 bits per heavy atom. The van der Waals surface area contributed by atoms with Crippen molar-refractivity contribution in [3.8, 4) is 0 Å². The van der Waals surface area contributed by atoms with E-state index in [0.29, 0.717) is 43.5 Å². The highest BCUT2D eigenvalue weighted by molar-refractivity contribution is 6.22. The number of nitrogens with zero attached hydrogens (tertiary/aromatic N) is 3. The van der Waals surface area contributed by atoms with Crippen LogP contribution < -0.4 is 5.32 Å². The van der Waals surface area contributed by atoms with Gasteiger partial charge in [-0.25, -0.2) is 0 Å². The predicted octanol–water partition coefficient (Wildman–Crippen LogP) is 2.99. The third kappa shape index (κ3) is 5.81. The molecule has 1 aromatic heterocycles. The minimum Gasteiger partial charge on any atom is -0.379 e. The van der Waals surface area contributed by atoms with Crippen LogP contribution in [-0.2, 0) is 20.7 Å². The van der Waals surface area contributed by atoms with Crippen molar-refractivity contribution in [1.29, 1.82) is 0 Å². The maximum Gasteiger partial charge on any atom is 0.262 e. The van der Waals surface area contributed by atoms with E-state index in [1.807, 2.05) is 30.5 Å². The molecule has 0 atom stereocenters. The van der Waals surface area contributed by atoms with Gasteiger partial charge in [-0.2, -0.15) is 0 Å². The number of aromatic amines is 1. The number of ether oxygens (including phenoxy) is 1. The predicted molar refractivity (Wildman–Crippen MR) is 162 cm³/mol. The SMILES string of the molecule is O=C1c2ccccc2C(=O)N1CC(=O)N(CCc1c[nH]c2ccccc12)C1(C(=O)NCCCN2CCOCC2)CCCC1. The van der Waals surface area contributed by atoms with Gasteiger partial charge in [0.15, 0.2) is 0 Å². The molecule has 1 aliphatic carbocycles. The number of rotatable bonds is 11. The van der Waals surface area contributed by atoms with E-state index >= 15 is 0 Å². The first-order valence-electron chi connectivity index (χ1n) is 15.4. The average Bonchev–Trinajstić information content (AvgIpc) is 3.75. The van der Waals surface area contributed by atoms with Crippen LogP contribution in [0.2, 0.25) is 0 Å². The molecular formula is C33H39N5O5. The fourth-order valence-corrected chi connectivity index (χ4v) is 6.82. The molecule has 2 fully saturated rings. The number of para-hydroxylation sites is 1. The highest BCUT2D eigenvalue weighted by Gasteiger charge is 2.49. The Kier molecular flexibility index (Phi) is 8.58. The Balaban J connectivity index is 1.21. The lowest BCUT2D eigenvalue weighted by Crippen LogP contribution is -2.61. The van der Waals surface area contributed by atoms with Crippen LogP contribution in [0.3, 0.4) is 0 Å². The highest BCUT2D eigenvalue weighted by Crippen LogP contribution is 2.37. The third-order valence-corrected chi connectivity index (χ3v) is 9.16. The number of fused-ring (bicyclic) bond motifs is 2. The van der Waals surface area contributed by atoms with Crippen molar-refractivity contribution < 1.29 is 23.9 Å². The topological polar surface area (TPSA) is 115 Å². The second-order valence-corrected chi connectivity index (χ2v) is 11.7. The molecule has 3 heterocycles. The van der Waals surface area contributed by atoms with Crippen LogP contribution in [0, 0.1) is 0 Å². The summed E-state index contributed by atoms with van der Waals surface area (Å²) >= 11 is 0. The van der Waals surface area contributed by atoms with E-state index in [4.69, 9.17) is 4.74 Å². The monoisotopic (exact) mass is 585 g/mol. The number of carbonyl (C=O) groups excluding carboxylic acids is 4. The number of H-pyrrole nitrogens is 1. The van der Waals surface area contributed by atoms with Gasteiger partial charge in [-0.05, 0) is 56.0 Å². The fourth-order valence-electron chi connectivity index (χ4n) is 6.82. The Hall–Kier alpha value is -4.02. The summed E-state index contributed by atoms with van der Waals surface area (Å²) in [5, 5.41) is 4.22. The first-order chi connectivity index (χ1) is 21.0. The van der Waals surface area contributed by atoms with Gasteiger partial charge in [0, 0.05) is 43.3 Å². The number of hydrogen-bond donors (Lipinski definition) is 2. The number of imide groups is 1. The zero-order valence-corrected chi connectivity index (χ0v) is 24.5. The van der Waals surface area contributed by atoms with Crippen LogP contribution in [0.25, 0.3) is 10.9 Å². The first kappa shape index (κ1) is 29.1. The molecule has 0 unspecified atom stereocenters. The van der Waals surface area contributed by atoms with Crippen LogP contribution in [0.4, 0.5) is 0 Å². The molecular weight excluding hydrogens is 546 g/mol. The molecule has 0 bridgehead atoms. The van der Waals surface area contributed by atoms with Gasteiger partial charge in [0.25, 0.3) is 11.8 Å². The first-order valence-corrected chi connectivity index (χ1v) is 15.4. The lowest BCUT2D eigenvalue weighted by atomic mass is 9.92. The molecule has 226 valence electrons. The van der Waals surface area contributed by atoms with Crippen molar-refractivity contribution in [2.24, 2.45) is 0 Å². The van der Waals surface area contributed by atoms with Crippen molar-refractivity contribution in [3.63, 3.8) is 0 Å². The molecule has 10 heteroatoms. The van der Waals surface area contributed by atoms with Crippen LogP contribution in [-0.4, -0.2) is 101 Å². The molecule has 3 aromatic rings. The molecule has 4 amide bonds. The minimum absolute atomic E-state index is 0.151. The Labute approximate surface area is 251 Å². The van der Waals surface area contributed by atoms with Crippen LogP contribution >= 0.6 is 0 Å². The highest BCUT2D eigenvalue weighted by atomic mass is 16.5. The molecule has 2 aromatic carbocycles. The molecule has 2 N–H and O–H groups in total. The van der Waals surface area contributed by atoms with Crippen LogP contribution in [0.15, 0.2) is 54.7 Å². The molecule has 10 nitrogen and oxygen atoms in total. The van der Waals surface area contributed by atoms with Gasteiger partial charge in [-0.3, -0.25) is 29.0 Å². The van der Waals surface area contributed by atoms with E-state index < -0.39 is 23.9 Å². The molecule has 0 spiro atoms. The van der Waals surface area contributed by atoms with Gasteiger partial charge in [0.2, 0.25) is 11.8 Å². The zero-order valence-electron chi connectivity index (χ0n) is 24.5. The van der Waals surface area contributed by atoms with Gasteiger partial charge in [0.1, 0.15) is 12.1 Å². The number of benzene rings is 2. The molecule has 6 rings (SSSR count). The number of carbonyl (C=O) groups is 4. The van der Waals surface area contributed by atoms with Crippen molar-refractivity contribution in [2.75, 3.05) is 52.5 Å². The van der Waals surface area contributed by atoms with E-state index in [-0.39, 0.29) is 11.8 Å². The largest absolute Gasteiger partial charge is 0.379 e. The summed E-state index contributed by atoms with van der Waals surface area (Å²) in [5.74, 6) is -1.49. The summed E-state index contributed by atoms with van der Waals surface area (Å²) in [4.78, 5) is 62.7. The van der Waals surface area contributed by atoms with Gasteiger partial charge >= 0.3 is 0 Å². The Bertz CT molecular complexity index is 1470. The number of morpholine rings is 1. The van der Waals surface area contributed by atoms with E-state index in [0.717, 1.165) is 73.5 Å². The quantitative estimate of drug-likeness (QED) is 0.264. The molecule has 1 saturated carbocycles. The van der Waals surface area contributed by atoms with E-state index in [2.05, 4.69) is 15.2 Å². The molecule has 2 aliphatic heterocycles. The van der Waals surface area contributed by atoms with Crippen molar-refractivity contribution >= 4 is 34.5 Å². The summed E-state index contributed by atoms with van der Waals surface area (Å²) in [6.45, 7) is 4.54. The van der Waals surface area contributed by atoms with E-state index in [9.17, 15) is 19.2 Å². The Morgan fingerprint density at radius 2 is 1.63 bits per heavy atom. The van der Waals surface area contributed by atoms with Crippen LogP contribution in [0.5, 0.6) is 0 Å². The average molecular weight is 586 g/mol. The second kappa shape index (κ2) is 12.7. The summed E-state index contributed by atoms with van der Waals surface area (Å²) < 4.78 is 5.43. The van der Waals surface area contributed by atoms with Crippen molar-refractivity contribution in [1.82, 2.24) is 25.0 Å². The normalized spacial score (nSPS) is 18.3. The van der Waals surface area contributed by atoms with Crippen LogP contribution in [0.1, 0.15) is 58.4 Å². The summed E-state index contributed by atoms with van der Waals surface area (Å²) in [6.07, 6.45) is 6.03.